The lowest BCUT2D eigenvalue weighted by Gasteiger charge is -2.42. The van der Waals surface area contributed by atoms with Crippen molar-refractivity contribution in [2.45, 2.75) is 140 Å². The van der Waals surface area contributed by atoms with Gasteiger partial charge in [0.2, 0.25) is 11.8 Å². The summed E-state index contributed by atoms with van der Waals surface area (Å²) in [5, 5.41) is 50.5. The van der Waals surface area contributed by atoms with Crippen LogP contribution in [-0.2, 0) is 35.0 Å². The Morgan fingerprint density at radius 1 is 0.976 bits per heavy atom. The summed E-state index contributed by atoms with van der Waals surface area (Å²) in [4.78, 5) is 69.4. The van der Waals surface area contributed by atoms with E-state index in [0.717, 1.165) is 11.1 Å². The average molecular weight is 1190 g/mol. The van der Waals surface area contributed by atoms with Gasteiger partial charge in [0, 0.05) is 71.2 Å². The zero-order chi connectivity index (χ0) is 60.2. The number of ether oxygens (including phenoxy) is 5. The Hall–Kier alpha value is -6.39. The number of nitrogens with one attached hydrogen (secondary N) is 7. The number of carbonyl (C=O) groups excluding carboxylic acids is 5. The molecule has 0 radical (unpaired) electrons. The predicted octanol–water partition coefficient (Wildman–Crippen LogP) is 4.77. The first-order valence-electron chi connectivity index (χ1n) is 27.1. The maximum Gasteiger partial charge on any atom is 0.412 e. The second kappa shape index (κ2) is 28.7. The van der Waals surface area contributed by atoms with Gasteiger partial charge >= 0.3 is 18.2 Å². The van der Waals surface area contributed by atoms with Crippen LogP contribution in [0.15, 0.2) is 60.2 Å². The highest BCUT2D eigenvalue weighted by Crippen LogP contribution is 2.49. The van der Waals surface area contributed by atoms with E-state index in [2.05, 4.69) is 37.2 Å². The molecule has 0 spiro atoms. The molecule has 0 aliphatic carbocycles. The van der Waals surface area contributed by atoms with Crippen LogP contribution in [0, 0.1) is 23.5 Å². The number of fused-ring (bicyclic) bond motifs is 5. The van der Waals surface area contributed by atoms with Gasteiger partial charge in [-0.3, -0.25) is 20.2 Å². The molecule has 0 aromatic heterocycles. The molecule has 2 aromatic carbocycles. The third-order valence-electron chi connectivity index (χ3n) is 14.9. The van der Waals surface area contributed by atoms with Crippen molar-refractivity contribution in [3.8, 4) is 5.75 Å². The molecule has 4 bridgehead atoms. The highest BCUT2D eigenvalue weighted by atomic mass is 35.5. The smallest absolute Gasteiger partial charge is 0.412 e. The van der Waals surface area contributed by atoms with Crippen LogP contribution in [0.2, 0.25) is 5.02 Å². The monoisotopic (exact) mass is 1190 g/mol. The van der Waals surface area contributed by atoms with E-state index in [-0.39, 0.29) is 49.8 Å². The maximum absolute atomic E-state index is 16.0. The largest absolute Gasteiger partial charge is 0.495 e. The summed E-state index contributed by atoms with van der Waals surface area (Å²) >= 11 is 12.3. The number of nitrogens with two attached hydrogens (primary N) is 1. The Morgan fingerprint density at radius 3 is 2.29 bits per heavy atom. The standard InChI is InChI=1S/C55H77ClF2N10O13S/c1-29(2)46(65-51(82)61-19-9-10-21-68-43(69)16-17-44(68)70)49(72)62-35(14-12-20-60-50(59)73)48(71)63-36-26-34(58)37(27-33(36)57)64-52(74)80-41-18-22-67(6)38-24-32(25-39(77-7)45(38)56)23-30(3)13-11-15-42(78-8)55(76)28-40(79-53(75)66-55)31(4)47-54(41,5)81-47/h11,13,15-17,24-27,29,31,35,40-44,46-47,69-70,76H,9-10,12,14,18-23,28H2,1-8H3,(H,62,72)(H,63,71)(H,64,74)(H,66,75)(H3,59,60,73)(H2,61,65,82)/b15-11+,30-13+/t31-,35+,40+,41+,42-,43?,44?,46+,47+,54+,55+/m1/s1. The lowest BCUT2D eigenvalue weighted by atomic mass is 9.83. The lowest BCUT2D eigenvalue weighted by Crippen LogP contribution is -2.63. The number of hydrogen-bond donors (Lipinski definition) is 11. The number of alkyl carbamates (subject to hydrolysis) is 1. The normalized spacial score (nSPS) is 27.3. The van der Waals surface area contributed by atoms with E-state index in [9.17, 15) is 39.3 Å². The van der Waals surface area contributed by atoms with Crippen molar-refractivity contribution in [3.05, 3.63) is 82.4 Å². The number of methoxy groups -OCH3 is 2. The maximum atomic E-state index is 16.0. The number of aliphatic hydroxyl groups excluding tert-OH is 2. The van der Waals surface area contributed by atoms with Gasteiger partial charge in [-0.15, -0.1) is 0 Å². The number of carbonyl (C=O) groups is 5. The minimum atomic E-state index is -1.90. The number of hydrogen-bond acceptors (Lipinski definition) is 16. The second-order valence-electron chi connectivity index (χ2n) is 21.4. The van der Waals surface area contributed by atoms with E-state index in [1.165, 1.54) is 31.3 Å². The van der Waals surface area contributed by atoms with E-state index in [1.807, 2.05) is 30.0 Å². The molecule has 2 saturated heterocycles. The van der Waals surface area contributed by atoms with Crippen LogP contribution in [0.5, 0.6) is 5.75 Å². The van der Waals surface area contributed by atoms with Gasteiger partial charge < -0.3 is 76.2 Å². The van der Waals surface area contributed by atoms with Crippen molar-refractivity contribution < 1.29 is 71.8 Å². The SMILES string of the molecule is COc1cc2cc(c1Cl)N(C)CC[C@H](OC(=O)Nc1cc(F)c(NC(=O)[C@H](CCCNC(N)=O)NC(=O)[C@@H](NC(=S)NCCCCN3C(O)C=CC3O)C(C)C)cc1F)[C@]1(C)O[C@H]1[C@H](C)[C@@H]1C[C@@](O)(NC(=O)O1)[C@H](OC)/C=C/C=C(\C)C2. The van der Waals surface area contributed by atoms with Gasteiger partial charge in [-0.2, -0.15) is 0 Å². The Kier molecular flexibility index (Phi) is 22.7. The molecule has 452 valence electrons. The van der Waals surface area contributed by atoms with Gasteiger partial charge in [0.25, 0.3) is 0 Å². The van der Waals surface area contributed by atoms with Crippen molar-refractivity contribution in [3.63, 3.8) is 0 Å². The number of amides is 6. The average Bonchev–Trinajstić information content (AvgIpc) is 3.64. The molecule has 6 amide bonds. The molecule has 12 N–H and O–H groups in total. The number of nitrogens with zero attached hydrogens (tertiary/aromatic N) is 2. The van der Waals surface area contributed by atoms with Crippen LogP contribution in [0.3, 0.4) is 0 Å². The summed E-state index contributed by atoms with van der Waals surface area (Å²) in [5.41, 5.74) is 3.16. The predicted molar refractivity (Wildman–Crippen MR) is 306 cm³/mol. The summed E-state index contributed by atoms with van der Waals surface area (Å²) in [7, 11) is 4.69. The minimum absolute atomic E-state index is 0.0173. The van der Waals surface area contributed by atoms with Gasteiger partial charge in [-0.05, 0) is 93.9 Å². The van der Waals surface area contributed by atoms with E-state index in [0.29, 0.717) is 60.9 Å². The molecule has 2 aromatic rings. The Bertz CT molecular complexity index is 2730. The fourth-order valence-corrected chi connectivity index (χ4v) is 10.8. The number of epoxide rings is 1. The number of allylic oxidation sites excluding steroid dienone is 3. The van der Waals surface area contributed by atoms with Crippen LogP contribution in [-0.4, -0.2) is 163 Å². The number of rotatable bonds is 19. The topological polar surface area (TPSA) is 312 Å². The third kappa shape index (κ3) is 16.9. The Labute approximate surface area is 486 Å². The van der Waals surface area contributed by atoms with Gasteiger partial charge in [-0.1, -0.05) is 56.2 Å². The van der Waals surface area contributed by atoms with Crippen LogP contribution in [0.4, 0.5) is 40.2 Å². The van der Waals surface area contributed by atoms with Gasteiger partial charge in [-0.25, -0.2) is 28.1 Å². The number of aliphatic hydroxyl groups is 3. The second-order valence-corrected chi connectivity index (χ2v) is 22.2. The molecule has 0 saturated carbocycles. The van der Waals surface area contributed by atoms with E-state index in [1.54, 1.807) is 46.9 Å². The van der Waals surface area contributed by atoms with Crippen LogP contribution >= 0.6 is 23.8 Å². The molecule has 2 unspecified atom stereocenters. The molecule has 82 heavy (non-hydrogen) atoms. The zero-order valence-corrected chi connectivity index (χ0v) is 48.8. The molecule has 2 fully saturated rings. The Balaban J connectivity index is 1.16. The zero-order valence-electron chi connectivity index (χ0n) is 47.2. The highest BCUT2D eigenvalue weighted by Gasteiger charge is 2.64. The summed E-state index contributed by atoms with van der Waals surface area (Å²) in [6.07, 6.45) is 2.34. The first-order chi connectivity index (χ1) is 38.8. The number of halogens is 3. The van der Waals surface area contributed by atoms with Crippen molar-refractivity contribution in [1.29, 1.82) is 0 Å². The molecular formula is C55H77ClF2N10O13S. The molecule has 4 aliphatic rings. The number of anilines is 3. The van der Waals surface area contributed by atoms with Crippen molar-refractivity contribution in [2.24, 2.45) is 17.6 Å². The third-order valence-corrected chi connectivity index (χ3v) is 15.5. The van der Waals surface area contributed by atoms with Crippen molar-refractivity contribution in [2.75, 3.05) is 63.0 Å². The fourth-order valence-electron chi connectivity index (χ4n) is 10.2. The quantitative estimate of drug-likeness (QED) is 0.0390. The summed E-state index contributed by atoms with van der Waals surface area (Å²) in [6.45, 7) is 9.92. The van der Waals surface area contributed by atoms with Gasteiger partial charge in [0.15, 0.2) is 10.8 Å². The van der Waals surface area contributed by atoms with Crippen molar-refractivity contribution in [1.82, 2.24) is 31.5 Å². The van der Waals surface area contributed by atoms with Crippen LogP contribution in [0.1, 0.15) is 78.7 Å². The fraction of sp³-hybridized carbons (Fsp3) is 0.564. The van der Waals surface area contributed by atoms with Gasteiger partial charge in [0.1, 0.15) is 70.9 Å². The number of urea groups is 1. The van der Waals surface area contributed by atoms with E-state index in [4.69, 9.17) is 53.2 Å². The number of unbranched alkanes of at least 4 members (excludes halogenated alkanes) is 1. The first-order valence-corrected chi connectivity index (χ1v) is 27.8. The summed E-state index contributed by atoms with van der Waals surface area (Å²) < 4.78 is 61.4. The molecule has 4 aliphatic heterocycles. The van der Waals surface area contributed by atoms with Gasteiger partial charge in [0.05, 0.1) is 30.3 Å². The summed E-state index contributed by atoms with van der Waals surface area (Å²) in [6, 6.07) is 1.87. The summed E-state index contributed by atoms with van der Waals surface area (Å²) in [5.74, 6) is -4.49. The van der Waals surface area contributed by atoms with Crippen LogP contribution in [0.25, 0.3) is 0 Å². The van der Waals surface area contributed by atoms with E-state index >= 15 is 8.78 Å². The number of benzene rings is 2. The number of thiocarbonyl (C=S) groups is 1. The van der Waals surface area contributed by atoms with E-state index < -0.39 is 119 Å². The number of primary amides is 1. The molecule has 27 heteroatoms. The van der Waals surface area contributed by atoms with Crippen molar-refractivity contribution >= 4 is 76.0 Å². The molecular weight excluding hydrogens is 1110 g/mol. The minimum Gasteiger partial charge on any atom is -0.495 e. The lowest BCUT2D eigenvalue weighted by molar-refractivity contribution is -0.142. The molecule has 11 atom stereocenters. The molecule has 4 heterocycles. The Morgan fingerprint density at radius 2 is 1.65 bits per heavy atom. The first kappa shape index (κ1) is 64.8. The highest BCUT2D eigenvalue weighted by molar-refractivity contribution is 7.80. The van der Waals surface area contributed by atoms with Crippen LogP contribution < -0.4 is 52.6 Å². The molecule has 23 nitrogen and oxygen atoms in total. The molecule has 6 rings (SSSR count).